The van der Waals surface area contributed by atoms with Gasteiger partial charge < -0.3 is 0 Å². The first-order valence-electron chi connectivity index (χ1n) is 6.51. The Labute approximate surface area is 131 Å². The second kappa shape index (κ2) is 6.25. The van der Waals surface area contributed by atoms with Gasteiger partial charge in [0, 0.05) is 25.6 Å². The number of aryl methyl sites for hydroxylation is 1. The quantitative estimate of drug-likeness (QED) is 0.855. The van der Waals surface area contributed by atoms with E-state index < -0.39 is 21.8 Å². The molecule has 1 aromatic heterocycles. The summed E-state index contributed by atoms with van der Waals surface area (Å²) in [5, 5.41) is 0. The lowest BCUT2D eigenvalue weighted by Gasteiger charge is -2.19. The molecule has 0 spiro atoms. The van der Waals surface area contributed by atoms with Gasteiger partial charge in [0.1, 0.15) is 0 Å². The molecule has 1 heterocycles. The highest BCUT2D eigenvalue weighted by atomic mass is 32.2. The van der Waals surface area contributed by atoms with Gasteiger partial charge in [0.05, 0.1) is 22.7 Å². The highest BCUT2D eigenvalue weighted by Gasteiger charge is 2.33. The Hall–Kier alpha value is -2.00. The predicted molar refractivity (Wildman–Crippen MR) is 76.9 cm³/mol. The van der Waals surface area contributed by atoms with Crippen LogP contribution in [0.4, 0.5) is 13.2 Å². The summed E-state index contributed by atoms with van der Waals surface area (Å²) in [7, 11) is -2.80. The van der Waals surface area contributed by atoms with Crippen molar-refractivity contribution in [2.45, 2.75) is 24.5 Å². The number of alkyl halides is 3. The Morgan fingerprint density at radius 2 is 1.91 bits per heavy atom. The van der Waals surface area contributed by atoms with Crippen LogP contribution in [0.5, 0.6) is 0 Å². The van der Waals surface area contributed by atoms with Crippen molar-refractivity contribution in [2.75, 3.05) is 7.05 Å². The number of hydrogen-bond acceptors (Lipinski definition) is 4. The Morgan fingerprint density at radius 3 is 2.48 bits per heavy atom. The van der Waals surface area contributed by atoms with E-state index in [-0.39, 0.29) is 17.0 Å². The average molecular weight is 345 g/mol. The lowest BCUT2D eigenvalue weighted by molar-refractivity contribution is -0.137. The molecule has 0 saturated carbocycles. The molecule has 0 amide bonds. The molecule has 23 heavy (non-hydrogen) atoms. The van der Waals surface area contributed by atoms with Crippen molar-refractivity contribution in [1.29, 1.82) is 0 Å². The Morgan fingerprint density at radius 1 is 1.22 bits per heavy atom. The molecule has 1 aromatic carbocycles. The van der Waals surface area contributed by atoms with Gasteiger partial charge in [-0.25, -0.2) is 8.42 Å². The molecule has 0 radical (unpaired) electrons. The summed E-state index contributed by atoms with van der Waals surface area (Å²) in [6, 6.07) is 2.65. The summed E-state index contributed by atoms with van der Waals surface area (Å²) in [6.45, 7) is 1.36. The zero-order chi connectivity index (χ0) is 17.3. The molecule has 0 saturated heterocycles. The van der Waals surface area contributed by atoms with Crippen molar-refractivity contribution >= 4 is 10.0 Å². The predicted octanol–water partition coefficient (Wildman–Crippen LogP) is 2.62. The summed E-state index contributed by atoms with van der Waals surface area (Å²) < 4.78 is 64.5. The fraction of sp³-hybridized carbons (Fsp3) is 0.286. The fourth-order valence-electron chi connectivity index (χ4n) is 1.95. The highest BCUT2D eigenvalue weighted by Crippen LogP contribution is 2.32. The van der Waals surface area contributed by atoms with Crippen LogP contribution in [0.15, 0.2) is 41.7 Å². The molecule has 9 heteroatoms. The minimum Gasteiger partial charge on any atom is -0.261 e. The van der Waals surface area contributed by atoms with E-state index in [1.165, 1.54) is 32.6 Å². The molecule has 0 N–H and O–H groups in total. The second-order valence-corrected chi connectivity index (χ2v) is 6.95. The van der Waals surface area contributed by atoms with E-state index >= 15 is 0 Å². The smallest absolute Gasteiger partial charge is 0.261 e. The lowest BCUT2D eigenvalue weighted by atomic mass is 10.1. The Kier molecular flexibility index (Phi) is 4.71. The number of benzene rings is 1. The normalized spacial score (nSPS) is 12.6. The average Bonchev–Trinajstić information content (AvgIpc) is 2.47. The summed E-state index contributed by atoms with van der Waals surface area (Å²) in [6.07, 6.45) is -0.368. The van der Waals surface area contributed by atoms with Gasteiger partial charge in [-0.2, -0.15) is 17.5 Å². The number of halogens is 3. The Bertz CT molecular complexity index is 793. The van der Waals surface area contributed by atoms with Crippen LogP contribution >= 0.6 is 0 Å². The molecule has 0 aliphatic carbocycles. The van der Waals surface area contributed by atoms with Crippen LogP contribution in [-0.2, 0) is 22.7 Å². The van der Waals surface area contributed by atoms with E-state index in [1.54, 1.807) is 0 Å². The zero-order valence-corrected chi connectivity index (χ0v) is 13.2. The first kappa shape index (κ1) is 17.4. The van der Waals surface area contributed by atoms with Gasteiger partial charge in [-0.1, -0.05) is 6.07 Å². The first-order valence-corrected chi connectivity index (χ1v) is 7.95. The fourth-order valence-corrected chi connectivity index (χ4v) is 3.34. The molecular formula is C14H14F3N3O2S. The number of hydrogen-bond donors (Lipinski definition) is 0. The SMILES string of the molecule is Cc1ccc(C(F)(F)F)cc1S(=O)(=O)N(C)Cc1cnccn1. The lowest BCUT2D eigenvalue weighted by Crippen LogP contribution is -2.28. The van der Waals surface area contributed by atoms with Gasteiger partial charge in [-0.15, -0.1) is 0 Å². The standard InChI is InChI=1S/C14H14F3N3O2S/c1-10-3-4-11(14(15,16)17)7-13(10)23(21,22)20(2)9-12-8-18-5-6-19-12/h3-8H,9H2,1-2H3. The molecule has 0 bridgehead atoms. The van der Waals surface area contributed by atoms with Crippen LogP contribution in [0.1, 0.15) is 16.8 Å². The van der Waals surface area contributed by atoms with Crippen molar-refractivity contribution in [3.05, 3.63) is 53.6 Å². The zero-order valence-electron chi connectivity index (χ0n) is 12.4. The molecule has 0 aliphatic heterocycles. The van der Waals surface area contributed by atoms with Crippen molar-refractivity contribution in [1.82, 2.24) is 14.3 Å². The van der Waals surface area contributed by atoms with E-state index in [0.29, 0.717) is 11.8 Å². The minimum absolute atomic E-state index is 0.0914. The van der Waals surface area contributed by atoms with Crippen LogP contribution in [0.25, 0.3) is 0 Å². The molecule has 0 aliphatic rings. The number of nitrogens with zero attached hydrogens (tertiary/aromatic N) is 3. The number of aromatic nitrogens is 2. The van der Waals surface area contributed by atoms with Crippen LogP contribution < -0.4 is 0 Å². The topological polar surface area (TPSA) is 63.2 Å². The van der Waals surface area contributed by atoms with E-state index in [4.69, 9.17) is 0 Å². The Balaban J connectivity index is 2.39. The number of sulfonamides is 1. The van der Waals surface area contributed by atoms with Gasteiger partial charge in [0.15, 0.2) is 0 Å². The summed E-state index contributed by atoms with van der Waals surface area (Å²) in [5.41, 5.74) is -0.373. The van der Waals surface area contributed by atoms with Crippen molar-refractivity contribution < 1.29 is 21.6 Å². The third kappa shape index (κ3) is 3.85. The molecule has 0 atom stereocenters. The summed E-state index contributed by atoms with van der Waals surface area (Å²) in [4.78, 5) is 7.40. The van der Waals surface area contributed by atoms with Crippen LogP contribution in [-0.4, -0.2) is 29.7 Å². The van der Waals surface area contributed by atoms with Crippen molar-refractivity contribution in [3.63, 3.8) is 0 Å². The minimum atomic E-state index is -4.61. The summed E-state index contributed by atoms with van der Waals surface area (Å²) in [5.74, 6) is 0. The first-order chi connectivity index (χ1) is 10.6. The highest BCUT2D eigenvalue weighted by molar-refractivity contribution is 7.89. The number of rotatable bonds is 4. The third-order valence-electron chi connectivity index (χ3n) is 3.21. The van der Waals surface area contributed by atoms with Gasteiger partial charge in [0.2, 0.25) is 10.0 Å². The van der Waals surface area contributed by atoms with Gasteiger partial charge in [-0.3, -0.25) is 9.97 Å². The van der Waals surface area contributed by atoms with Crippen LogP contribution in [0, 0.1) is 6.92 Å². The van der Waals surface area contributed by atoms with E-state index in [9.17, 15) is 21.6 Å². The molecule has 5 nitrogen and oxygen atoms in total. The maximum absolute atomic E-state index is 12.8. The molecule has 124 valence electrons. The summed E-state index contributed by atoms with van der Waals surface area (Å²) >= 11 is 0. The van der Waals surface area contributed by atoms with E-state index in [0.717, 1.165) is 16.4 Å². The van der Waals surface area contributed by atoms with Gasteiger partial charge in [0.25, 0.3) is 0 Å². The van der Waals surface area contributed by atoms with Crippen LogP contribution in [0.3, 0.4) is 0 Å². The molecule has 2 aromatic rings. The molecular weight excluding hydrogens is 331 g/mol. The van der Waals surface area contributed by atoms with E-state index in [2.05, 4.69) is 9.97 Å². The van der Waals surface area contributed by atoms with E-state index in [1.807, 2.05) is 0 Å². The van der Waals surface area contributed by atoms with Gasteiger partial charge >= 0.3 is 6.18 Å². The van der Waals surface area contributed by atoms with Crippen molar-refractivity contribution in [3.8, 4) is 0 Å². The second-order valence-electron chi connectivity index (χ2n) is 4.94. The van der Waals surface area contributed by atoms with Gasteiger partial charge in [-0.05, 0) is 24.6 Å². The third-order valence-corrected chi connectivity index (χ3v) is 5.15. The molecule has 2 rings (SSSR count). The van der Waals surface area contributed by atoms with Crippen molar-refractivity contribution in [2.24, 2.45) is 0 Å². The van der Waals surface area contributed by atoms with Crippen LogP contribution in [0.2, 0.25) is 0 Å². The molecule has 0 fully saturated rings. The largest absolute Gasteiger partial charge is 0.416 e. The molecule has 0 unspecified atom stereocenters. The maximum Gasteiger partial charge on any atom is 0.416 e. The monoisotopic (exact) mass is 345 g/mol. The maximum atomic E-state index is 12.8.